The predicted molar refractivity (Wildman–Crippen MR) is 98.6 cm³/mol. The molecular weight excluding hydrogens is 361 g/mol. The molecule has 0 saturated carbocycles. The van der Waals surface area contributed by atoms with E-state index in [1.165, 1.54) is 11.0 Å². The Morgan fingerprint density at radius 2 is 2.18 bits per heavy atom. The molecule has 6 nitrogen and oxygen atoms in total. The molecule has 2 aromatic rings. The zero-order valence-electron chi connectivity index (χ0n) is 14.9. The number of para-hydroxylation sites is 1. The molecule has 3 aliphatic rings. The Bertz CT molecular complexity index is 980. The lowest BCUT2D eigenvalue weighted by molar-refractivity contribution is -0.132. The van der Waals surface area contributed by atoms with Crippen molar-refractivity contribution in [2.45, 2.75) is 18.2 Å². The first-order chi connectivity index (χ1) is 13.6. The monoisotopic (exact) mass is 379 g/mol. The lowest BCUT2D eigenvalue weighted by Gasteiger charge is -2.23. The summed E-state index contributed by atoms with van der Waals surface area (Å²) in [5, 5.41) is 2.88. The predicted octanol–water partition coefficient (Wildman–Crippen LogP) is 1.82. The Kier molecular flexibility index (Phi) is 3.80. The van der Waals surface area contributed by atoms with Gasteiger partial charge >= 0.3 is 0 Å². The number of rotatable bonds is 4. The minimum atomic E-state index is -0.875. The van der Waals surface area contributed by atoms with Gasteiger partial charge in [0.2, 0.25) is 11.8 Å². The van der Waals surface area contributed by atoms with Crippen LogP contribution in [0.15, 0.2) is 60.9 Å². The van der Waals surface area contributed by atoms with Crippen LogP contribution >= 0.6 is 0 Å². The summed E-state index contributed by atoms with van der Waals surface area (Å²) in [5.74, 6) is -2.28. The number of carbonyl (C=O) groups excluding carboxylic acids is 2. The van der Waals surface area contributed by atoms with Crippen molar-refractivity contribution in [3.05, 3.63) is 72.3 Å². The fourth-order valence-corrected chi connectivity index (χ4v) is 4.48. The summed E-state index contributed by atoms with van der Waals surface area (Å²) in [6.07, 6.45) is 6.60. The van der Waals surface area contributed by atoms with Gasteiger partial charge in [-0.25, -0.2) is 4.39 Å². The Labute approximate surface area is 161 Å². The number of carbonyl (C=O) groups is 2. The summed E-state index contributed by atoms with van der Waals surface area (Å²) in [6.45, 7) is 0.529. The Hall–Kier alpha value is -3.06. The first-order valence-electron chi connectivity index (χ1n) is 9.19. The van der Waals surface area contributed by atoms with Crippen molar-refractivity contribution >= 4 is 17.5 Å². The molecule has 0 unspecified atom stereocenters. The standard InChI is InChI=1S/C21H18FN3O3/c22-14-5-1-2-6-15(14)25-12-21-8-7-16(28-21)17(18(21)20(25)27)19(26)24-11-13-4-3-9-23-10-13/h1-10,16-18H,11-12H2,(H,24,26)/t16-,17-,18+,21-/m0/s1. The summed E-state index contributed by atoms with van der Waals surface area (Å²) >= 11 is 0. The van der Waals surface area contributed by atoms with Crippen molar-refractivity contribution in [2.24, 2.45) is 11.8 Å². The highest BCUT2D eigenvalue weighted by Gasteiger charge is 2.67. The van der Waals surface area contributed by atoms with Gasteiger partial charge < -0.3 is 15.0 Å². The zero-order chi connectivity index (χ0) is 19.3. The van der Waals surface area contributed by atoms with Crippen molar-refractivity contribution in [1.82, 2.24) is 10.3 Å². The number of hydrogen-bond acceptors (Lipinski definition) is 4. The van der Waals surface area contributed by atoms with Crippen molar-refractivity contribution < 1.29 is 18.7 Å². The highest BCUT2D eigenvalue weighted by Crippen LogP contribution is 2.52. The van der Waals surface area contributed by atoms with E-state index in [1.54, 1.807) is 36.7 Å². The third-order valence-electron chi connectivity index (χ3n) is 5.74. The quantitative estimate of drug-likeness (QED) is 0.823. The molecule has 3 aliphatic heterocycles. The molecule has 1 spiro atoms. The number of ether oxygens (including phenoxy) is 1. The van der Waals surface area contributed by atoms with Crippen LogP contribution in [-0.4, -0.2) is 35.0 Å². The molecule has 4 atom stereocenters. The van der Waals surface area contributed by atoms with E-state index in [0.717, 1.165) is 5.56 Å². The topological polar surface area (TPSA) is 71.5 Å². The number of anilines is 1. The van der Waals surface area contributed by atoms with Gasteiger partial charge in [0.1, 0.15) is 11.4 Å². The molecule has 1 N–H and O–H groups in total. The normalized spacial score (nSPS) is 30.0. The summed E-state index contributed by atoms with van der Waals surface area (Å²) in [7, 11) is 0. The molecule has 0 radical (unpaired) electrons. The number of halogens is 1. The number of fused-ring (bicyclic) bond motifs is 1. The number of amides is 2. The van der Waals surface area contributed by atoms with E-state index in [9.17, 15) is 14.0 Å². The van der Waals surface area contributed by atoms with Crippen LogP contribution in [0.3, 0.4) is 0 Å². The fraction of sp³-hybridized carbons (Fsp3) is 0.286. The van der Waals surface area contributed by atoms with Crippen LogP contribution in [0.25, 0.3) is 0 Å². The average molecular weight is 379 g/mol. The molecular formula is C21H18FN3O3. The van der Waals surface area contributed by atoms with E-state index >= 15 is 0 Å². The molecule has 2 amide bonds. The number of nitrogens with one attached hydrogen (secondary N) is 1. The average Bonchev–Trinajstić information content (AvgIpc) is 3.36. The number of pyridine rings is 1. The molecule has 2 bridgehead atoms. The van der Waals surface area contributed by atoms with Gasteiger partial charge in [-0.05, 0) is 23.8 Å². The molecule has 142 valence electrons. The van der Waals surface area contributed by atoms with Crippen LogP contribution in [0, 0.1) is 17.7 Å². The van der Waals surface area contributed by atoms with Crippen LogP contribution in [0.2, 0.25) is 0 Å². The molecule has 2 saturated heterocycles. The van der Waals surface area contributed by atoms with Crippen molar-refractivity contribution in [3.63, 3.8) is 0 Å². The fourth-order valence-electron chi connectivity index (χ4n) is 4.48. The molecule has 1 aromatic heterocycles. The maximum absolute atomic E-state index is 14.3. The van der Waals surface area contributed by atoms with Crippen LogP contribution in [0.1, 0.15) is 5.56 Å². The number of nitrogens with zero attached hydrogens (tertiary/aromatic N) is 2. The lowest BCUT2D eigenvalue weighted by atomic mass is 9.77. The molecule has 0 aliphatic carbocycles. The van der Waals surface area contributed by atoms with E-state index < -0.39 is 29.4 Å². The maximum Gasteiger partial charge on any atom is 0.234 e. The van der Waals surface area contributed by atoms with E-state index in [2.05, 4.69) is 10.3 Å². The summed E-state index contributed by atoms with van der Waals surface area (Å²) in [4.78, 5) is 31.5. The van der Waals surface area contributed by atoms with Crippen LogP contribution in [-0.2, 0) is 20.9 Å². The molecule has 4 heterocycles. The molecule has 28 heavy (non-hydrogen) atoms. The van der Waals surface area contributed by atoms with E-state index in [4.69, 9.17) is 4.74 Å². The molecule has 7 heteroatoms. The SMILES string of the molecule is O=C(NCc1cccnc1)[C@H]1[C@@H]2C=C[C@@]3(CN(c4ccccc4F)C(=O)[C@@H]13)O2. The third kappa shape index (κ3) is 2.46. The number of aromatic nitrogens is 1. The van der Waals surface area contributed by atoms with Gasteiger partial charge in [0.25, 0.3) is 0 Å². The van der Waals surface area contributed by atoms with Gasteiger partial charge in [-0.1, -0.05) is 30.4 Å². The lowest BCUT2D eigenvalue weighted by Crippen LogP contribution is -2.44. The minimum Gasteiger partial charge on any atom is -0.360 e. The van der Waals surface area contributed by atoms with Gasteiger partial charge in [0.05, 0.1) is 30.2 Å². The Balaban J connectivity index is 1.40. The maximum atomic E-state index is 14.3. The Morgan fingerprint density at radius 3 is 2.96 bits per heavy atom. The molecule has 1 aromatic carbocycles. The van der Waals surface area contributed by atoms with E-state index in [-0.39, 0.29) is 24.0 Å². The van der Waals surface area contributed by atoms with Crippen LogP contribution < -0.4 is 10.2 Å². The smallest absolute Gasteiger partial charge is 0.234 e. The highest BCUT2D eigenvalue weighted by atomic mass is 19.1. The second kappa shape index (κ2) is 6.24. The highest BCUT2D eigenvalue weighted by molar-refractivity contribution is 6.03. The largest absolute Gasteiger partial charge is 0.360 e. The zero-order valence-corrected chi connectivity index (χ0v) is 14.9. The molecule has 2 fully saturated rings. The summed E-state index contributed by atoms with van der Waals surface area (Å²) in [5.41, 5.74) is 0.211. The second-order valence-electron chi connectivity index (χ2n) is 7.35. The second-order valence-corrected chi connectivity index (χ2v) is 7.35. The van der Waals surface area contributed by atoms with Crippen molar-refractivity contribution in [3.8, 4) is 0 Å². The molecule has 5 rings (SSSR count). The van der Waals surface area contributed by atoms with Crippen LogP contribution in [0.5, 0.6) is 0 Å². The summed E-state index contributed by atoms with van der Waals surface area (Å²) < 4.78 is 20.3. The minimum absolute atomic E-state index is 0.205. The van der Waals surface area contributed by atoms with Gasteiger partial charge in [-0.3, -0.25) is 14.6 Å². The van der Waals surface area contributed by atoms with Gasteiger partial charge in [-0.15, -0.1) is 0 Å². The van der Waals surface area contributed by atoms with Crippen molar-refractivity contribution in [1.29, 1.82) is 0 Å². The van der Waals surface area contributed by atoms with E-state index in [0.29, 0.717) is 6.54 Å². The number of hydrogen-bond donors (Lipinski definition) is 1. The van der Waals surface area contributed by atoms with Gasteiger partial charge in [0.15, 0.2) is 0 Å². The van der Waals surface area contributed by atoms with Gasteiger partial charge in [0, 0.05) is 18.9 Å². The Morgan fingerprint density at radius 1 is 1.32 bits per heavy atom. The van der Waals surface area contributed by atoms with Crippen molar-refractivity contribution in [2.75, 3.05) is 11.4 Å². The third-order valence-corrected chi connectivity index (χ3v) is 5.74. The van der Waals surface area contributed by atoms with Crippen LogP contribution in [0.4, 0.5) is 10.1 Å². The first kappa shape index (κ1) is 17.1. The first-order valence-corrected chi connectivity index (χ1v) is 9.19. The number of benzene rings is 1. The summed E-state index contributed by atoms with van der Waals surface area (Å²) in [6, 6.07) is 9.82. The van der Waals surface area contributed by atoms with Gasteiger partial charge in [-0.2, -0.15) is 0 Å². The van der Waals surface area contributed by atoms with E-state index in [1.807, 2.05) is 18.2 Å².